The summed E-state index contributed by atoms with van der Waals surface area (Å²) in [6, 6.07) is 20.7. The minimum Gasteiger partial charge on any atom is -0.358 e. The zero-order valence-electron chi connectivity index (χ0n) is 16.8. The molecule has 9 heteroatoms. The standard InChI is InChI=1S/C22H20N6O3/c1-16-12-21(28(30)31)27(24-16)15-20(29)23-13-18-14-26(19-10-6-3-7-11-19)25-22(18)17-8-4-2-5-9-17/h2-12,14H,13,15H2,1H3,(H,23,29). The fraction of sp³-hybridized carbons (Fsp3) is 0.136. The Balaban J connectivity index is 1.56. The second-order valence-corrected chi connectivity index (χ2v) is 6.98. The number of para-hydroxylation sites is 1. The Labute approximate surface area is 178 Å². The van der Waals surface area contributed by atoms with Gasteiger partial charge in [-0.05, 0) is 24.0 Å². The van der Waals surface area contributed by atoms with Crippen molar-refractivity contribution in [3.05, 3.63) is 94.3 Å². The molecule has 0 atom stereocenters. The summed E-state index contributed by atoms with van der Waals surface area (Å²) in [7, 11) is 0. The zero-order valence-corrected chi connectivity index (χ0v) is 16.8. The number of aryl methyl sites for hydroxylation is 1. The van der Waals surface area contributed by atoms with Gasteiger partial charge in [0, 0.05) is 23.9 Å². The number of benzene rings is 2. The van der Waals surface area contributed by atoms with E-state index in [0.717, 1.165) is 27.2 Å². The maximum Gasteiger partial charge on any atom is 0.345 e. The van der Waals surface area contributed by atoms with Crippen molar-refractivity contribution >= 4 is 11.7 Å². The minimum absolute atomic E-state index is 0.213. The Morgan fingerprint density at radius 1 is 1.06 bits per heavy atom. The van der Waals surface area contributed by atoms with E-state index in [1.54, 1.807) is 11.6 Å². The minimum atomic E-state index is -0.551. The van der Waals surface area contributed by atoms with Crippen LogP contribution in [-0.4, -0.2) is 30.4 Å². The summed E-state index contributed by atoms with van der Waals surface area (Å²) >= 11 is 0. The molecule has 0 saturated carbocycles. The molecule has 9 nitrogen and oxygen atoms in total. The molecule has 1 N–H and O–H groups in total. The molecule has 0 bridgehead atoms. The van der Waals surface area contributed by atoms with Crippen LogP contribution in [0.3, 0.4) is 0 Å². The smallest absolute Gasteiger partial charge is 0.345 e. The van der Waals surface area contributed by atoms with Crippen molar-refractivity contribution in [1.29, 1.82) is 0 Å². The Bertz CT molecular complexity index is 1210. The first kappa shape index (κ1) is 20.0. The summed E-state index contributed by atoms with van der Waals surface area (Å²) in [6.07, 6.45) is 1.87. The van der Waals surface area contributed by atoms with Crippen LogP contribution in [0.4, 0.5) is 5.82 Å². The molecule has 2 aromatic carbocycles. The topological polar surface area (TPSA) is 108 Å². The Morgan fingerprint density at radius 3 is 2.42 bits per heavy atom. The van der Waals surface area contributed by atoms with E-state index in [-0.39, 0.29) is 24.8 Å². The quantitative estimate of drug-likeness (QED) is 0.367. The highest BCUT2D eigenvalue weighted by molar-refractivity contribution is 5.76. The number of hydrogen-bond donors (Lipinski definition) is 1. The molecule has 1 amide bonds. The predicted molar refractivity (Wildman–Crippen MR) is 114 cm³/mol. The lowest BCUT2D eigenvalue weighted by molar-refractivity contribution is -0.392. The average molecular weight is 416 g/mol. The number of carbonyl (C=O) groups is 1. The molecule has 0 aliphatic heterocycles. The largest absolute Gasteiger partial charge is 0.358 e. The summed E-state index contributed by atoms with van der Waals surface area (Å²) in [5, 5.41) is 22.7. The van der Waals surface area contributed by atoms with Crippen LogP contribution in [0.2, 0.25) is 0 Å². The van der Waals surface area contributed by atoms with Gasteiger partial charge in [-0.1, -0.05) is 53.6 Å². The number of aromatic nitrogens is 4. The van der Waals surface area contributed by atoms with E-state index in [9.17, 15) is 14.9 Å². The third kappa shape index (κ3) is 4.50. The van der Waals surface area contributed by atoms with Crippen LogP contribution in [0.15, 0.2) is 72.9 Å². The average Bonchev–Trinajstić information content (AvgIpc) is 3.37. The van der Waals surface area contributed by atoms with Crippen LogP contribution in [-0.2, 0) is 17.9 Å². The first-order chi connectivity index (χ1) is 15.0. The van der Waals surface area contributed by atoms with Crippen LogP contribution in [0.1, 0.15) is 11.3 Å². The number of nitro groups is 1. The summed E-state index contributed by atoms with van der Waals surface area (Å²) in [6.45, 7) is 1.63. The Hall–Kier alpha value is -4.27. The molecule has 0 aliphatic rings. The van der Waals surface area contributed by atoms with Crippen LogP contribution in [0, 0.1) is 17.0 Å². The van der Waals surface area contributed by atoms with Gasteiger partial charge in [0.25, 0.3) is 5.91 Å². The van der Waals surface area contributed by atoms with Crippen molar-refractivity contribution in [3.8, 4) is 16.9 Å². The van der Waals surface area contributed by atoms with Gasteiger partial charge in [0.15, 0.2) is 6.54 Å². The van der Waals surface area contributed by atoms with E-state index in [1.807, 2.05) is 66.9 Å². The normalized spacial score (nSPS) is 10.7. The molecule has 0 fully saturated rings. The second-order valence-electron chi connectivity index (χ2n) is 6.98. The molecule has 0 spiro atoms. The number of carbonyl (C=O) groups excluding carboxylic acids is 1. The lowest BCUT2D eigenvalue weighted by Crippen LogP contribution is -2.28. The first-order valence-electron chi connectivity index (χ1n) is 9.66. The van der Waals surface area contributed by atoms with Gasteiger partial charge in [-0.15, -0.1) is 4.68 Å². The Kier molecular flexibility index (Phi) is 5.57. The summed E-state index contributed by atoms with van der Waals surface area (Å²) in [5.74, 6) is -0.591. The van der Waals surface area contributed by atoms with Crippen molar-refractivity contribution in [2.45, 2.75) is 20.0 Å². The van der Waals surface area contributed by atoms with Crippen molar-refractivity contribution in [2.24, 2.45) is 0 Å². The number of hydrogen-bond acceptors (Lipinski definition) is 5. The monoisotopic (exact) mass is 416 g/mol. The van der Waals surface area contributed by atoms with Gasteiger partial charge in [-0.2, -0.15) is 5.10 Å². The summed E-state index contributed by atoms with van der Waals surface area (Å²) in [5.41, 5.74) is 3.90. The van der Waals surface area contributed by atoms with Crippen LogP contribution in [0.25, 0.3) is 16.9 Å². The molecular formula is C22H20N6O3. The fourth-order valence-corrected chi connectivity index (χ4v) is 3.27. The van der Waals surface area contributed by atoms with Crippen molar-refractivity contribution in [3.63, 3.8) is 0 Å². The van der Waals surface area contributed by atoms with Gasteiger partial charge < -0.3 is 15.4 Å². The van der Waals surface area contributed by atoms with E-state index >= 15 is 0 Å². The molecule has 0 saturated heterocycles. The fourth-order valence-electron chi connectivity index (χ4n) is 3.27. The van der Waals surface area contributed by atoms with E-state index < -0.39 is 4.92 Å². The molecule has 31 heavy (non-hydrogen) atoms. The van der Waals surface area contributed by atoms with Crippen LogP contribution in [0.5, 0.6) is 0 Å². The van der Waals surface area contributed by atoms with Crippen molar-refractivity contribution < 1.29 is 9.72 Å². The third-order valence-corrected chi connectivity index (χ3v) is 4.70. The van der Waals surface area contributed by atoms with Crippen LogP contribution < -0.4 is 5.32 Å². The lowest BCUT2D eigenvalue weighted by Gasteiger charge is -2.05. The molecule has 0 aliphatic carbocycles. The maximum absolute atomic E-state index is 12.5. The number of nitrogens with zero attached hydrogens (tertiary/aromatic N) is 5. The highest BCUT2D eigenvalue weighted by Gasteiger charge is 2.20. The Morgan fingerprint density at radius 2 is 1.74 bits per heavy atom. The molecule has 2 aromatic heterocycles. The van der Waals surface area contributed by atoms with Gasteiger partial charge in [0.1, 0.15) is 0 Å². The van der Waals surface area contributed by atoms with Gasteiger partial charge in [-0.25, -0.2) is 4.68 Å². The third-order valence-electron chi connectivity index (χ3n) is 4.70. The van der Waals surface area contributed by atoms with E-state index in [4.69, 9.17) is 5.10 Å². The second kappa shape index (κ2) is 8.62. The molecule has 0 radical (unpaired) electrons. The van der Waals surface area contributed by atoms with Crippen molar-refractivity contribution in [2.75, 3.05) is 0 Å². The molecule has 4 aromatic rings. The molecule has 156 valence electrons. The SMILES string of the molecule is Cc1cc([N+](=O)[O-])n(CC(=O)NCc2cn(-c3ccccc3)nc2-c2ccccc2)n1. The number of amides is 1. The predicted octanol–water partition coefficient (Wildman–Crippen LogP) is 3.27. The van der Waals surface area contributed by atoms with Gasteiger partial charge in [-0.3, -0.25) is 4.79 Å². The highest BCUT2D eigenvalue weighted by atomic mass is 16.6. The summed E-state index contributed by atoms with van der Waals surface area (Å²) in [4.78, 5) is 23.1. The molecule has 4 rings (SSSR count). The number of rotatable bonds is 7. The maximum atomic E-state index is 12.5. The first-order valence-corrected chi connectivity index (χ1v) is 9.66. The zero-order chi connectivity index (χ0) is 21.8. The summed E-state index contributed by atoms with van der Waals surface area (Å²) < 4.78 is 2.86. The van der Waals surface area contributed by atoms with Crippen molar-refractivity contribution in [1.82, 2.24) is 24.9 Å². The number of nitrogens with one attached hydrogen (secondary N) is 1. The van der Waals surface area contributed by atoms with Crippen LogP contribution >= 0.6 is 0 Å². The van der Waals surface area contributed by atoms with E-state index in [2.05, 4.69) is 10.4 Å². The molecule has 2 heterocycles. The van der Waals surface area contributed by atoms with Gasteiger partial charge in [0.2, 0.25) is 0 Å². The lowest BCUT2D eigenvalue weighted by atomic mass is 10.1. The van der Waals surface area contributed by atoms with E-state index in [1.165, 1.54) is 6.07 Å². The van der Waals surface area contributed by atoms with Gasteiger partial charge in [0.05, 0.1) is 23.1 Å². The van der Waals surface area contributed by atoms with E-state index in [0.29, 0.717) is 5.69 Å². The molecule has 0 unspecified atom stereocenters. The van der Waals surface area contributed by atoms with Gasteiger partial charge >= 0.3 is 5.82 Å². The highest BCUT2D eigenvalue weighted by Crippen LogP contribution is 2.23. The molecular weight excluding hydrogens is 396 g/mol.